The van der Waals surface area contributed by atoms with Crippen molar-refractivity contribution in [3.63, 3.8) is 0 Å². The number of methoxy groups -OCH3 is 1. The molecule has 1 atom stereocenters. The van der Waals surface area contributed by atoms with Crippen LogP contribution in [0.25, 0.3) is 0 Å². The predicted molar refractivity (Wildman–Crippen MR) is 72.6 cm³/mol. The van der Waals surface area contributed by atoms with Crippen molar-refractivity contribution < 1.29 is 13.2 Å². The smallest absolute Gasteiger partial charge is 0.282 e. The van der Waals surface area contributed by atoms with Gasteiger partial charge in [-0.3, -0.25) is 0 Å². The molecule has 0 aromatic heterocycles. The van der Waals surface area contributed by atoms with Crippen LogP contribution in [-0.2, 0) is 14.9 Å². The monoisotopic (exact) mass is 289 g/mol. The first-order chi connectivity index (χ1) is 9.02. The number of ether oxygens (including phenoxy) is 1. The molecule has 110 valence electrons. The Morgan fingerprint density at radius 3 is 2.79 bits per heavy atom. The molecule has 1 unspecified atom stereocenters. The summed E-state index contributed by atoms with van der Waals surface area (Å²) in [6.45, 7) is 4.07. The molecular formula is C12H23N3O3S. The Morgan fingerprint density at radius 1 is 1.47 bits per heavy atom. The van der Waals surface area contributed by atoms with Crippen molar-refractivity contribution >= 4 is 10.2 Å². The van der Waals surface area contributed by atoms with Crippen molar-refractivity contribution in [2.75, 3.05) is 39.9 Å². The molecule has 1 aliphatic heterocycles. The average Bonchev–Trinajstić information content (AvgIpc) is 2.38. The van der Waals surface area contributed by atoms with Crippen LogP contribution in [0.4, 0.5) is 0 Å². The molecule has 0 aromatic carbocycles. The Balaban J connectivity index is 2.75. The van der Waals surface area contributed by atoms with E-state index in [1.165, 1.54) is 15.7 Å². The lowest BCUT2D eigenvalue weighted by molar-refractivity contribution is 0.173. The number of rotatable bonds is 7. The summed E-state index contributed by atoms with van der Waals surface area (Å²) in [5.41, 5.74) is 0. The highest BCUT2D eigenvalue weighted by Crippen LogP contribution is 2.20. The van der Waals surface area contributed by atoms with Gasteiger partial charge in [-0.25, -0.2) is 0 Å². The Labute approximate surface area is 116 Å². The number of hydrogen-bond donors (Lipinski definition) is 0. The fourth-order valence-corrected chi connectivity index (χ4v) is 3.99. The first-order valence-electron chi connectivity index (χ1n) is 6.63. The van der Waals surface area contributed by atoms with Crippen LogP contribution in [-0.4, -0.2) is 56.9 Å². The summed E-state index contributed by atoms with van der Waals surface area (Å²) < 4.78 is 32.9. The molecule has 1 saturated heterocycles. The minimum absolute atomic E-state index is 0.201. The molecule has 6 nitrogen and oxygen atoms in total. The van der Waals surface area contributed by atoms with E-state index in [9.17, 15) is 8.42 Å². The van der Waals surface area contributed by atoms with Gasteiger partial charge in [-0.2, -0.15) is 22.3 Å². The largest absolute Gasteiger partial charge is 0.383 e. The lowest BCUT2D eigenvalue weighted by atomic mass is 10.0. The zero-order valence-electron chi connectivity index (χ0n) is 11.7. The van der Waals surface area contributed by atoms with Crippen molar-refractivity contribution in [1.82, 2.24) is 8.61 Å². The molecule has 0 aliphatic carbocycles. The summed E-state index contributed by atoms with van der Waals surface area (Å²) in [6, 6.07) is 1.99. The lowest BCUT2D eigenvalue weighted by Crippen LogP contribution is -2.48. The van der Waals surface area contributed by atoms with Gasteiger partial charge >= 0.3 is 0 Å². The molecule has 19 heavy (non-hydrogen) atoms. The van der Waals surface area contributed by atoms with Gasteiger partial charge in [-0.15, -0.1) is 0 Å². The van der Waals surface area contributed by atoms with Crippen LogP contribution in [0.15, 0.2) is 0 Å². The van der Waals surface area contributed by atoms with Crippen LogP contribution >= 0.6 is 0 Å². The summed E-state index contributed by atoms with van der Waals surface area (Å²) in [6.07, 6.45) is 2.17. The summed E-state index contributed by atoms with van der Waals surface area (Å²) in [7, 11) is -1.93. The van der Waals surface area contributed by atoms with E-state index in [0.717, 1.165) is 12.8 Å². The van der Waals surface area contributed by atoms with Crippen LogP contribution in [0, 0.1) is 17.2 Å². The van der Waals surface area contributed by atoms with Crippen molar-refractivity contribution in [3.05, 3.63) is 0 Å². The van der Waals surface area contributed by atoms with Gasteiger partial charge in [-0.1, -0.05) is 6.92 Å². The molecule has 0 amide bonds. The van der Waals surface area contributed by atoms with Gasteiger partial charge in [0.25, 0.3) is 10.2 Å². The second-order valence-electron chi connectivity index (χ2n) is 4.91. The Hall–Kier alpha value is -0.680. The first kappa shape index (κ1) is 16.4. The molecular weight excluding hydrogens is 266 g/mol. The summed E-state index contributed by atoms with van der Waals surface area (Å²) in [5, 5.41) is 8.64. The molecule has 0 saturated carbocycles. The zero-order chi connectivity index (χ0) is 14.3. The SMILES string of the molecule is COCCN(CCC#N)S(=O)(=O)N1CCCC(C)C1. The minimum atomic E-state index is -3.47. The molecule has 0 spiro atoms. The molecule has 1 aliphatic rings. The van der Waals surface area contributed by atoms with Gasteiger partial charge in [0.05, 0.1) is 12.7 Å². The molecule has 7 heteroatoms. The van der Waals surface area contributed by atoms with E-state index < -0.39 is 10.2 Å². The summed E-state index contributed by atoms with van der Waals surface area (Å²) in [4.78, 5) is 0. The average molecular weight is 289 g/mol. The molecule has 1 heterocycles. The van der Waals surface area contributed by atoms with Crippen LogP contribution in [0.5, 0.6) is 0 Å². The maximum absolute atomic E-state index is 12.5. The lowest BCUT2D eigenvalue weighted by Gasteiger charge is -2.34. The Kier molecular flexibility index (Phi) is 6.72. The number of piperidine rings is 1. The molecule has 0 radical (unpaired) electrons. The molecule has 0 N–H and O–H groups in total. The number of hydrogen-bond acceptors (Lipinski definition) is 4. The standard InChI is InChI=1S/C12H23N3O3S/c1-12-5-3-7-15(11-12)19(16,17)14(8-4-6-13)9-10-18-2/h12H,3-5,7-11H2,1-2H3. The van der Waals surface area contributed by atoms with Crippen LogP contribution in [0.2, 0.25) is 0 Å². The van der Waals surface area contributed by atoms with E-state index in [-0.39, 0.29) is 13.0 Å². The van der Waals surface area contributed by atoms with Gasteiger partial charge in [0.15, 0.2) is 0 Å². The highest BCUT2D eigenvalue weighted by atomic mass is 32.2. The molecule has 0 aromatic rings. The third-order valence-electron chi connectivity index (χ3n) is 3.29. The normalized spacial score (nSPS) is 21.5. The highest BCUT2D eigenvalue weighted by Gasteiger charge is 2.32. The fraction of sp³-hybridized carbons (Fsp3) is 0.917. The third-order valence-corrected chi connectivity index (χ3v) is 5.29. The van der Waals surface area contributed by atoms with Crippen molar-refractivity contribution in [1.29, 1.82) is 5.26 Å². The predicted octanol–water partition coefficient (Wildman–Crippen LogP) is 0.825. The van der Waals surface area contributed by atoms with Crippen molar-refractivity contribution in [2.45, 2.75) is 26.2 Å². The van der Waals surface area contributed by atoms with Gasteiger partial charge in [0.1, 0.15) is 0 Å². The molecule has 1 rings (SSSR count). The van der Waals surface area contributed by atoms with E-state index in [1.807, 2.05) is 6.07 Å². The van der Waals surface area contributed by atoms with E-state index in [1.54, 1.807) is 0 Å². The van der Waals surface area contributed by atoms with Crippen molar-refractivity contribution in [2.24, 2.45) is 5.92 Å². The zero-order valence-corrected chi connectivity index (χ0v) is 12.5. The highest BCUT2D eigenvalue weighted by molar-refractivity contribution is 7.86. The second-order valence-corrected chi connectivity index (χ2v) is 6.84. The van der Waals surface area contributed by atoms with E-state index in [2.05, 4.69) is 6.92 Å². The van der Waals surface area contributed by atoms with Crippen LogP contribution in [0.1, 0.15) is 26.2 Å². The maximum atomic E-state index is 12.5. The third kappa shape index (κ3) is 4.73. The Bertz CT molecular complexity index is 405. The summed E-state index contributed by atoms with van der Waals surface area (Å²) >= 11 is 0. The summed E-state index contributed by atoms with van der Waals surface area (Å²) in [5.74, 6) is 0.392. The molecule has 0 bridgehead atoms. The quantitative estimate of drug-likeness (QED) is 0.695. The van der Waals surface area contributed by atoms with Gasteiger partial charge in [-0.05, 0) is 18.8 Å². The van der Waals surface area contributed by atoms with Gasteiger partial charge in [0.2, 0.25) is 0 Å². The number of nitriles is 1. The topological polar surface area (TPSA) is 73.6 Å². The minimum Gasteiger partial charge on any atom is -0.383 e. The maximum Gasteiger partial charge on any atom is 0.282 e. The van der Waals surface area contributed by atoms with E-state index >= 15 is 0 Å². The van der Waals surface area contributed by atoms with Crippen molar-refractivity contribution in [3.8, 4) is 6.07 Å². The van der Waals surface area contributed by atoms with E-state index in [0.29, 0.717) is 32.2 Å². The van der Waals surface area contributed by atoms with Crippen LogP contribution in [0.3, 0.4) is 0 Å². The number of nitrogens with zero attached hydrogens (tertiary/aromatic N) is 3. The molecule has 1 fully saturated rings. The van der Waals surface area contributed by atoms with Crippen LogP contribution < -0.4 is 0 Å². The second kappa shape index (κ2) is 7.80. The Morgan fingerprint density at radius 2 is 2.21 bits per heavy atom. The van der Waals surface area contributed by atoms with Gasteiger partial charge < -0.3 is 4.74 Å². The fourth-order valence-electron chi connectivity index (χ4n) is 2.23. The first-order valence-corrected chi connectivity index (χ1v) is 8.03. The van der Waals surface area contributed by atoms with E-state index in [4.69, 9.17) is 10.00 Å². The van der Waals surface area contributed by atoms with Gasteiger partial charge in [0, 0.05) is 39.7 Å².